The smallest absolute Gasteiger partial charge is 0.126 e. The summed E-state index contributed by atoms with van der Waals surface area (Å²) in [5.74, 6) is 0. The molecule has 0 unspecified atom stereocenters. The first-order valence-electron chi connectivity index (χ1n) is 5.55. The summed E-state index contributed by atoms with van der Waals surface area (Å²) in [6, 6.07) is 4.38. The molecule has 0 radical (unpaired) electrons. The molecule has 0 bridgehead atoms. The van der Waals surface area contributed by atoms with Gasteiger partial charge in [-0.15, -0.1) is 11.3 Å². The Morgan fingerprint density at radius 1 is 1.33 bits per heavy atom. The van der Waals surface area contributed by atoms with E-state index >= 15 is 0 Å². The maximum Gasteiger partial charge on any atom is 0.126 e. The summed E-state index contributed by atoms with van der Waals surface area (Å²) in [7, 11) is 0. The summed E-state index contributed by atoms with van der Waals surface area (Å²) in [6.45, 7) is 8.06. The van der Waals surface area contributed by atoms with Gasteiger partial charge in [-0.2, -0.15) is 0 Å². The third-order valence-corrected chi connectivity index (χ3v) is 3.25. The van der Waals surface area contributed by atoms with Crippen LogP contribution in [-0.4, -0.2) is 30.8 Å². The number of hydrogen-bond donors (Lipinski definition) is 3. The van der Waals surface area contributed by atoms with Crippen LogP contribution >= 0.6 is 11.3 Å². The van der Waals surface area contributed by atoms with Gasteiger partial charge in [-0.05, 0) is 26.0 Å². The fraction of sp³-hybridized carbons (Fsp3) is 0.636. The van der Waals surface area contributed by atoms with Gasteiger partial charge in [0.2, 0.25) is 0 Å². The maximum atomic E-state index is 9.05. The Kier molecular flexibility index (Phi) is 5.86. The van der Waals surface area contributed by atoms with Gasteiger partial charge in [0, 0.05) is 4.88 Å². The van der Waals surface area contributed by atoms with Crippen molar-refractivity contribution in [2.24, 2.45) is 0 Å². The molecule has 0 saturated carbocycles. The molecule has 1 aromatic rings. The van der Waals surface area contributed by atoms with Crippen LogP contribution in [0.15, 0.2) is 12.1 Å². The number of aliphatic hydroxyl groups excluding tert-OH is 1. The van der Waals surface area contributed by atoms with E-state index in [2.05, 4.69) is 29.7 Å². The quantitative estimate of drug-likeness (QED) is 0.521. The number of rotatable bonds is 7. The van der Waals surface area contributed by atoms with Gasteiger partial charge in [-0.3, -0.25) is 0 Å². The molecule has 5 N–H and O–H groups in total. The standard InChI is InChI=1S/C11H20N2OS/c1-9(14)7-12-5-6-13-8-11-4-3-10(2)15-11/h3-4,9,12-14H,5-8H2,1-2H3/p+2/t9-/m0/s1. The van der Waals surface area contributed by atoms with Crippen molar-refractivity contribution < 1.29 is 15.7 Å². The highest BCUT2D eigenvalue weighted by molar-refractivity contribution is 7.11. The highest BCUT2D eigenvalue weighted by Crippen LogP contribution is 2.12. The lowest BCUT2D eigenvalue weighted by Gasteiger charge is -2.02. The summed E-state index contributed by atoms with van der Waals surface area (Å²) in [6.07, 6.45) is -0.190. The molecular weight excluding hydrogens is 208 g/mol. The number of aliphatic hydroxyl groups is 1. The summed E-state index contributed by atoms with van der Waals surface area (Å²) < 4.78 is 0. The first kappa shape index (κ1) is 12.6. The van der Waals surface area contributed by atoms with Gasteiger partial charge in [0.1, 0.15) is 26.2 Å². The van der Waals surface area contributed by atoms with Crippen molar-refractivity contribution in [1.82, 2.24) is 0 Å². The molecule has 86 valence electrons. The van der Waals surface area contributed by atoms with E-state index in [4.69, 9.17) is 5.11 Å². The third kappa shape index (κ3) is 5.89. The Balaban J connectivity index is 1.98. The van der Waals surface area contributed by atoms with E-state index in [1.807, 2.05) is 18.3 Å². The molecule has 15 heavy (non-hydrogen) atoms. The van der Waals surface area contributed by atoms with Crippen LogP contribution in [0.3, 0.4) is 0 Å². The first-order valence-corrected chi connectivity index (χ1v) is 6.37. The number of quaternary nitrogens is 2. The first-order chi connectivity index (χ1) is 7.18. The van der Waals surface area contributed by atoms with Crippen LogP contribution in [0.5, 0.6) is 0 Å². The highest BCUT2D eigenvalue weighted by Gasteiger charge is 2.00. The molecule has 1 aromatic heterocycles. The molecule has 0 fully saturated rings. The van der Waals surface area contributed by atoms with Crippen molar-refractivity contribution in [2.75, 3.05) is 19.6 Å². The van der Waals surface area contributed by atoms with Crippen LogP contribution in [0.2, 0.25) is 0 Å². The molecule has 1 atom stereocenters. The molecule has 1 heterocycles. The molecule has 4 heteroatoms. The Labute approximate surface area is 95.5 Å². The molecule has 0 amide bonds. The third-order valence-electron chi connectivity index (χ3n) is 2.22. The van der Waals surface area contributed by atoms with E-state index < -0.39 is 0 Å². The summed E-state index contributed by atoms with van der Waals surface area (Å²) in [5.41, 5.74) is 0. The average Bonchev–Trinajstić information content (AvgIpc) is 2.57. The summed E-state index contributed by atoms with van der Waals surface area (Å²) in [4.78, 5) is 2.84. The minimum Gasteiger partial charge on any atom is -0.388 e. The monoisotopic (exact) mass is 230 g/mol. The van der Waals surface area contributed by atoms with Crippen LogP contribution in [0.4, 0.5) is 0 Å². The largest absolute Gasteiger partial charge is 0.388 e. The van der Waals surface area contributed by atoms with E-state index in [1.54, 1.807) is 0 Å². The lowest BCUT2D eigenvalue weighted by molar-refractivity contribution is -0.732. The van der Waals surface area contributed by atoms with Gasteiger partial charge in [0.05, 0.1) is 11.0 Å². The zero-order chi connectivity index (χ0) is 11.1. The van der Waals surface area contributed by atoms with Gasteiger partial charge in [-0.25, -0.2) is 0 Å². The zero-order valence-electron chi connectivity index (χ0n) is 9.57. The predicted octanol–water partition coefficient (Wildman–Crippen LogP) is -0.936. The molecule has 0 aliphatic rings. The highest BCUT2D eigenvalue weighted by atomic mass is 32.1. The van der Waals surface area contributed by atoms with Crippen LogP contribution in [0.1, 0.15) is 16.7 Å². The molecule has 0 aliphatic heterocycles. The topological polar surface area (TPSA) is 53.5 Å². The van der Waals surface area contributed by atoms with E-state index in [1.165, 1.54) is 9.75 Å². The van der Waals surface area contributed by atoms with Crippen molar-refractivity contribution in [3.8, 4) is 0 Å². The Morgan fingerprint density at radius 3 is 2.67 bits per heavy atom. The number of thiophene rings is 1. The lowest BCUT2D eigenvalue weighted by atomic mass is 10.4. The minimum atomic E-state index is -0.190. The van der Waals surface area contributed by atoms with Gasteiger partial charge in [0.15, 0.2) is 0 Å². The minimum absolute atomic E-state index is 0.190. The maximum absolute atomic E-state index is 9.05. The van der Waals surface area contributed by atoms with Crippen LogP contribution in [0, 0.1) is 6.92 Å². The molecular formula is C11H22N2OS+2. The van der Waals surface area contributed by atoms with E-state index in [0.29, 0.717) is 0 Å². The Bertz CT molecular complexity index is 273. The van der Waals surface area contributed by atoms with Crippen LogP contribution in [0.25, 0.3) is 0 Å². The molecule has 3 nitrogen and oxygen atoms in total. The van der Waals surface area contributed by atoms with E-state index in [9.17, 15) is 0 Å². The van der Waals surface area contributed by atoms with E-state index in [-0.39, 0.29) is 6.10 Å². The Hall–Kier alpha value is -0.420. The fourth-order valence-electron chi connectivity index (χ4n) is 1.43. The molecule has 0 saturated heterocycles. The molecule has 0 spiro atoms. The average molecular weight is 230 g/mol. The molecule has 0 aliphatic carbocycles. The second-order valence-corrected chi connectivity index (χ2v) is 5.33. The van der Waals surface area contributed by atoms with Gasteiger partial charge < -0.3 is 15.7 Å². The lowest BCUT2D eigenvalue weighted by Crippen LogP contribution is -2.95. The second kappa shape index (κ2) is 6.95. The van der Waals surface area contributed by atoms with Crippen molar-refractivity contribution in [1.29, 1.82) is 0 Å². The summed E-state index contributed by atoms with van der Waals surface area (Å²) in [5, 5.41) is 13.5. The van der Waals surface area contributed by atoms with Crippen LogP contribution < -0.4 is 10.6 Å². The zero-order valence-corrected chi connectivity index (χ0v) is 10.4. The fourth-order valence-corrected chi connectivity index (χ4v) is 2.32. The number of hydrogen-bond acceptors (Lipinski definition) is 2. The predicted molar refractivity (Wildman–Crippen MR) is 62.9 cm³/mol. The van der Waals surface area contributed by atoms with Crippen LogP contribution in [-0.2, 0) is 6.54 Å². The number of aryl methyl sites for hydroxylation is 1. The second-order valence-electron chi connectivity index (χ2n) is 3.96. The van der Waals surface area contributed by atoms with Crippen molar-refractivity contribution in [3.05, 3.63) is 21.9 Å². The van der Waals surface area contributed by atoms with Gasteiger partial charge >= 0.3 is 0 Å². The normalized spacial score (nSPS) is 13.0. The van der Waals surface area contributed by atoms with E-state index in [0.717, 1.165) is 26.2 Å². The molecule has 1 rings (SSSR count). The van der Waals surface area contributed by atoms with Crippen molar-refractivity contribution in [3.63, 3.8) is 0 Å². The molecule has 0 aromatic carbocycles. The van der Waals surface area contributed by atoms with Gasteiger partial charge in [-0.1, -0.05) is 0 Å². The summed E-state index contributed by atoms with van der Waals surface area (Å²) >= 11 is 1.87. The SMILES string of the molecule is Cc1ccc(C[NH2+]CC[NH2+]C[C@H](C)O)s1. The number of nitrogens with two attached hydrogens (primary N) is 2. The van der Waals surface area contributed by atoms with Crippen molar-refractivity contribution >= 4 is 11.3 Å². The van der Waals surface area contributed by atoms with Gasteiger partial charge in [0.25, 0.3) is 0 Å². The Morgan fingerprint density at radius 2 is 2.07 bits per heavy atom. The van der Waals surface area contributed by atoms with Crippen molar-refractivity contribution in [2.45, 2.75) is 26.5 Å².